The summed E-state index contributed by atoms with van der Waals surface area (Å²) in [5.74, 6) is 0. The number of allylic oxidation sites excluding steroid dienone is 3. The van der Waals surface area contributed by atoms with Crippen LogP contribution in [-0.2, 0) is 0 Å². The number of nitro benzene ring substituents is 1. The van der Waals surface area contributed by atoms with Crippen LogP contribution in [0.15, 0.2) is 72.3 Å². The number of aliphatic hydroxyl groups is 1. The molecule has 0 saturated heterocycles. The van der Waals surface area contributed by atoms with Crippen molar-refractivity contribution in [3.63, 3.8) is 0 Å². The Morgan fingerprint density at radius 1 is 1.08 bits per heavy atom. The molecule has 1 atom stereocenters. The molecule has 3 rings (SSSR count). The van der Waals surface area contributed by atoms with Gasteiger partial charge in [-0.2, -0.15) is 0 Å². The van der Waals surface area contributed by atoms with Gasteiger partial charge in [0.2, 0.25) is 0 Å². The first-order chi connectivity index (χ1) is 12.1. The van der Waals surface area contributed by atoms with E-state index in [1.165, 1.54) is 28.8 Å². The van der Waals surface area contributed by atoms with E-state index in [1.807, 2.05) is 6.07 Å². The molecule has 2 aromatic carbocycles. The molecule has 0 amide bonds. The number of aliphatic hydroxyl groups excluding tert-OH is 1. The molecular weight excluding hydrogens is 314 g/mol. The highest BCUT2D eigenvalue weighted by Crippen LogP contribution is 2.31. The third-order valence-corrected chi connectivity index (χ3v) is 4.59. The monoisotopic (exact) mass is 335 g/mol. The maximum Gasteiger partial charge on any atom is 0.269 e. The Morgan fingerprint density at radius 3 is 2.40 bits per heavy atom. The van der Waals surface area contributed by atoms with Crippen LogP contribution in [0.3, 0.4) is 0 Å². The average Bonchev–Trinajstić information content (AvgIpc) is 2.67. The lowest BCUT2D eigenvalue weighted by Gasteiger charge is -2.17. The molecule has 25 heavy (non-hydrogen) atoms. The Kier molecular flexibility index (Phi) is 5.41. The SMILES string of the molecule is O=[N+]([O-])c1ccc(C(O)C/C=C2/CC=C(c3ccccc3)CC2)cc1. The molecule has 0 saturated carbocycles. The molecule has 4 heteroatoms. The third kappa shape index (κ3) is 4.43. The number of benzene rings is 2. The van der Waals surface area contributed by atoms with Crippen molar-refractivity contribution in [3.05, 3.63) is 93.6 Å². The molecule has 128 valence electrons. The molecule has 1 aliphatic rings. The Hall–Kier alpha value is -2.72. The topological polar surface area (TPSA) is 63.4 Å². The van der Waals surface area contributed by atoms with Crippen LogP contribution in [0, 0.1) is 10.1 Å². The lowest BCUT2D eigenvalue weighted by molar-refractivity contribution is -0.384. The summed E-state index contributed by atoms with van der Waals surface area (Å²) in [6.07, 6.45) is 7.20. The molecule has 0 bridgehead atoms. The van der Waals surface area contributed by atoms with Crippen LogP contribution in [0.4, 0.5) is 5.69 Å². The van der Waals surface area contributed by atoms with Crippen LogP contribution in [0.25, 0.3) is 5.57 Å². The molecule has 4 nitrogen and oxygen atoms in total. The van der Waals surface area contributed by atoms with Gasteiger partial charge in [0.25, 0.3) is 5.69 Å². The van der Waals surface area contributed by atoms with Crippen molar-refractivity contribution >= 4 is 11.3 Å². The summed E-state index contributed by atoms with van der Waals surface area (Å²) < 4.78 is 0. The lowest BCUT2D eigenvalue weighted by atomic mass is 9.89. The second-order valence-electron chi connectivity index (χ2n) is 6.26. The minimum absolute atomic E-state index is 0.0418. The van der Waals surface area contributed by atoms with Crippen molar-refractivity contribution in [3.8, 4) is 0 Å². The van der Waals surface area contributed by atoms with E-state index < -0.39 is 11.0 Å². The van der Waals surface area contributed by atoms with E-state index in [0.29, 0.717) is 12.0 Å². The van der Waals surface area contributed by atoms with Gasteiger partial charge in [0.15, 0.2) is 0 Å². The number of non-ortho nitro benzene ring substituents is 1. The van der Waals surface area contributed by atoms with Gasteiger partial charge in [-0.25, -0.2) is 0 Å². The van der Waals surface area contributed by atoms with Crippen LogP contribution in [0.1, 0.15) is 42.9 Å². The van der Waals surface area contributed by atoms with Crippen molar-refractivity contribution in [2.75, 3.05) is 0 Å². The predicted molar refractivity (Wildman–Crippen MR) is 99.0 cm³/mol. The minimum Gasteiger partial charge on any atom is -0.388 e. The highest BCUT2D eigenvalue weighted by Gasteiger charge is 2.12. The van der Waals surface area contributed by atoms with Crippen LogP contribution in [0.2, 0.25) is 0 Å². The van der Waals surface area contributed by atoms with Crippen molar-refractivity contribution in [2.24, 2.45) is 0 Å². The first-order valence-corrected chi connectivity index (χ1v) is 8.48. The molecular formula is C21H21NO3. The maximum atomic E-state index is 10.7. The fourth-order valence-corrected chi connectivity index (χ4v) is 3.09. The van der Waals surface area contributed by atoms with E-state index in [0.717, 1.165) is 19.3 Å². The Balaban J connectivity index is 1.59. The first kappa shape index (κ1) is 17.1. The summed E-state index contributed by atoms with van der Waals surface area (Å²) in [7, 11) is 0. The Bertz CT molecular complexity index is 792. The first-order valence-electron chi connectivity index (χ1n) is 8.48. The normalized spacial score (nSPS) is 17.2. The number of rotatable bonds is 5. The van der Waals surface area contributed by atoms with E-state index in [-0.39, 0.29) is 5.69 Å². The van der Waals surface area contributed by atoms with E-state index in [9.17, 15) is 15.2 Å². The third-order valence-electron chi connectivity index (χ3n) is 4.59. The molecule has 0 spiro atoms. The van der Waals surface area contributed by atoms with Crippen molar-refractivity contribution < 1.29 is 10.0 Å². The predicted octanol–water partition coefficient (Wildman–Crippen LogP) is 5.21. The van der Waals surface area contributed by atoms with E-state index in [2.05, 4.69) is 36.4 Å². The summed E-state index contributed by atoms with van der Waals surface area (Å²) in [6, 6.07) is 16.5. The summed E-state index contributed by atoms with van der Waals surface area (Å²) in [6.45, 7) is 0. The second-order valence-corrected chi connectivity index (χ2v) is 6.26. The van der Waals surface area contributed by atoms with Crippen molar-refractivity contribution in [1.29, 1.82) is 0 Å². The zero-order chi connectivity index (χ0) is 17.6. The van der Waals surface area contributed by atoms with E-state index >= 15 is 0 Å². The van der Waals surface area contributed by atoms with Gasteiger partial charge >= 0.3 is 0 Å². The summed E-state index contributed by atoms with van der Waals surface area (Å²) in [5.41, 5.74) is 4.75. The molecule has 0 radical (unpaired) electrons. The van der Waals surface area contributed by atoms with Crippen LogP contribution < -0.4 is 0 Å². The molecule has 2 aromatic rings. The molecule has 0 aromatic heterocycles. The molecule has 0 aliphatic heterocycles. The quantitative estimate of drug-likeness (QED) is 0.463. The zero-order valence-electron chi connectivity index (χ0n) is 14.0. The standard InChI is InChI=1S/C21H21NO3/c23-21(19-11-13-20(14-12-19)22(24)25)15-8-16-6-9-18(10-7-16)17-4-2-1-3-5-17/h1-5,8-9,11-14,21,23H,6-7,10,15H2/b16-8-. The fraction of sp³-hybridized carbons (Fsp3) is 0.238. The van der Waals surface area contributed by atoms with E-state index in [1.54, 1.807) is 12.1 Å². The van der Waals surface area contributed by atoms with Gasteiger partial charge in [-0.3, -0.25) is 10.1 Å². The van der Waals surface area contributed by atoms with Crippen LogP contribution >= 0.6 is 0 Å². The van der Waals surface area contributed by atoms with Gasteiger partial charge in [-0.1, -0.05) is 48.1 Å². The van der Waals surface area contributed by atoms with Gasteiger partial charge in [-0.05, 0) is 54.5 Å². The second kappa shape index (κ2) is 7.90. The molecule has 0 heterocycles. The number of hydrogen-bond acceptors (Lipinski definition) is 3. The van der Waals surface area contributed by atoms with Gasteiger partial charge in [-0.15, -0.1) is 0 Å². The molecule has 0 fully saturated rings. The van der Waals surface area contributed by atoms with Crippen LogP contribution in [-0.4, -0.2) is 10.0 Å². The molecule has 1 unspecified atom stereocenters. The molecule has 1 aliphatic carbocycles. The smallest absolute Gasteiger partial charge is 0.269 e. The van der Waals surface area contributed by atoms with Gasteiger partial charge in [0.05, 0.1) is 11.0 Å². The van der Waals surface area contributed by atoms with Gasteiger partial charge < -0.3 is 5.11 Å². The highest BCUT2D eigenvalue weighted by molar-refractivity contribution is 5.67. The summed E-state index contributed by atoms with van der Waals surface area (Å²) in [4.78, 5) is 10.2. The Morgan fingerprint density at radius 2 is 1.80 bits per heavy atom. The van der Waals surface area contributed by atoms with Crippen LogP contribution in [0.5, 0.6) is 0 Å². The van der Waals surface area contributed by atoms with E-state index in [4.69, 9.17) is 0 Å². The minimum atomic E-state index is -0.632. The molecule has 1 N–H and O–H groups in total. The van der Waals surface area contributed by atoms with Gasteiger partial charge in [0.1, 0.15) is 0 Å². The fourth-order valence-electron chi connectivity index (χ4n) is 3.09. The summed E-state index contributed by atoms with van der Waals surface area (Å²) >= 11 is 0. The van der Waals surface area contributed by atoms with Gasteiger partial charge in [0, 0.05) is 12.1 Å². The van der Waals surface area contributed by atoms with Crippen molar-refractivity contribution in [1.82, 2.24) is 0 Å². The number of nitro groups is 1. The largest absolute Gasteiger partial charge is 0.388 e. The zero-order valence-corrected chi connectivity index (χ0v) is 14.0. The average molecular weight is 335 g/mol. The summed E-state index contributed by atoms with van der Waals surface area (Å²) in [5, 5.41) is 21.0. The lowest BCUT2D eigenvalue weighted by Crippen LogP contribution is -1.99. The number of hydrogen-bond donors (Lipinski definition) is 1. The van der Waals surface area contributed by atoms with Crippen molar-refractivity contribution in [2.45, 2.75) is 31.8 Å². The maximum absolute atomic E-state index is 10.7. The highest BCUT2D eigenvalue weighted by atomic mass is 16.6. The number of nitrogens with zero attached hydrogens (tertiary/aromatic N) is 1. The Labute approximate surface area is 147 Å².